The van der Waals surface area contributed by atoms with Crippen molar-refractivity contribution in [2.24, 2.45) is 11.8 Å². The van der Waals surface area contributed by atoms with Gasteiger partial charge in [0, 0.05) is 47.2 Å². The van der Waals surface area contributed by atoms with Crippen molar-refractivity contribution in [2.45, 2.75) is 91.1 Å². The van der Waals surface area contributed by atoms with Gasteiger partial charge >= 0.3 is 0 Å². The maximum Gasteiger partial charge on any atom is 0.253 e. The first kappa shape index (κ1) is 44.7. The number of anilines is 1. The van der Waals surface area contributed by atoms with Crippen LogP contribution in [0.5, 0.6) is 0 Å². The fraction of sp³-hybridized carbons (Fsp3) is 0.409. The molecule has 0 aliphatic heterocycles. The fourth-order valence-corrected chi connectivity index (χ4v) is 7.20. The van der Waals surface area contributed by atoms with Crippen molar-refractivity contribution in [2.75, 3.05) is 18.4 Å². The number of aromatic amines is 2. The molecular formula is C44H54Cl2N8O5. The van der Waals surface area contributed by atoms with Crippen LogP contribution in [0.25, 0.3) is 21.9 Å². The molecule has 7 N–H and O–H groups in total. The molecule has 2 aromatic heterocycles. The molecule has 0 bridgehead atoms. The highest BCUT2D eigenvalue weighted by atomic mass is 35.5. The highest BCUT2D eigenvalue weighted by Crippen LogP contribution is 2.24. The molecule has 0 aliphatic rings. The third-order valence-electron chi connectivity index (χ3n) is 10.2. The number of para-hydroxylation sites is 1. The molecule has 3 atom stereocenters. The van der Waals surface area contributed by atoms with Crippen LogP contribution in [0.3, 0.4) is 0 Å². The second kappa shape index (κ2) is 21.6. The van der Waals surface area contributed by atoms with Gasteiger partial charge in [0.15, 0.2) is 0 Å². The molecule has 13 nitrogen and oxygen atoms in total. The first-order valence-electron chi connectivity index (χ1n) is 20.2. The molecule has 5 amide bonds. The first-order chi connectivity index (χ1) is 28.3. The molecule has 3 aromatic carbocycles. The Labute approximate surface area is 354 Å². The number of carbonyl (C=O) groups excluding carboxylic acids is 5. The number of carbonyl (C=O) groups is 5. The van der Waals surface area contributed by atoms with Crippen LogP contribution in [0.2, 0.25) is 10.0 Å². The Kier molecular flexibility index (Phi) is 16.3. The lowest BCUT2D eigenvalue weighted by atomic mass is 9.97. The van der Waals surface area contributed by atoms with Crippen molar-refractivity contribution >= 4 is 80.4 Å². The summed E-state index contributed by atoms with van der Waals surface area (Å²) in [5.74, 6) is -0.976. The number of aromatic nitrogens is 3. The summed E-state index contributed by atoms with van der Waals surface area (Å²) in [6.45, 7) is 7.91. The van der Waals surface area contributed by atoms with E-state index in [2.05, 4.69) is 42.6 Å². The Morgan fingerprint density at radius 3 is 2.37 bits per heavy atom. The Hall–Kier alpha value is -5.40. The lowest BCUT2D eigenvalue weighted by Crippen LogP contribution is -2.50. The van der Waals surface area contributed by atoms with Crippen LogP contribution in [0, 0.1) is 11.8 Å². The molecule has 15 heteroatoms. The zero-order chi connectivity index (χ0) is 42.5. The van der Waals surface area contributed by atoms with E-state index in [1.807, 2.05) is 70.3 Å². The quantitative estimate of drug-likeness (QED) is 0.0376. The molecule has 0 radical (unpaired) electrons. The highest BCUT2D eigenvalue weighted by Gasteiger charge is 2.26. The van der Waals surface area contributed by atoms with Gasteiger partial charge in [0.25, 0.3) is 5.91 Å². The Morgan fingerprint density at radius 1 is 0.814 bits per heavy atom. The number of amides is 5. The number of H-pyrrole nitrogens is 2. The van der Waals surface area contributed by atoms with E-state index in [9.17, 15) is 24.0 Å². The van der Waals surface area contributed by atoms with Crippen LogP contribution in [-0.2, 0) is 25.6 Å². The lowest BCUT2D eigenvalue weighted by molar-refractivity contribution is -0.128. The van der Waals surface area contributed by atoms with Gasteiger partial charge in [-0.3, -0.25) is 24.0 Å². The van der Waals surface area contributed by atoms with E-state index >= 15 is 0 Å². The summed E-state index contributed by atoms with van der Waals surface area (Å²) < 4.78 is 0. The van der Waals surface area contributed by atoms with Gasteiger partial charge in [-0.25, -0.2) is 4.98 Å². The van der Waals surface area contributed by atoms with Gasteiger partial charge in [0.2, 0.25) is 23.6 Å². The molecule has 0 spiro atoms. The molecule has 59 heavy (non-hydrogen) atoms. The molecule has 0 saturated heterocycles. The second-order valence-corrected chi connectivity index (χ2v) is 16.2. The zero-order valence-electron chi connectivity index (χ0n) is 34.0. The first-order valence-corrected chi connectivity index (χ1v) is 21.0. The number of hydrogen-bond donors (Lipinski definition) is 7. The minimum Gasteiger partial charge on any atom is -0.361 e. The van der Waals surface area contributed by atoms with Crippen LogP contribution in [0.1, 0.15) is 94.4 Å². The van der Waals surface area contributed by atoms with E-state index in [-0.39, 0.29) is 53.1 Å². The predicted molar refractivity (Wildman–Crippen MR) is 233 cm³/mol. The third-order valence-corrected chi connectivity index (χ3v) is 10.8. The monoisotopic (exact) mass is 844 g/mol. The summed E-state index contributed by atoms with van der Waals surface area (Å²) in [5.41, 5.74) is 4.57. The van der Waals surface area contributed by atoms with Gasteiger partial charge in [0.05, 0.1) is 28.2 Å². The van der Waals surface area contributed by atoms with Gasteiger partial charge in [-0.15, -0.1) is 0 Å². The molecule has 314 valence electrons. The normalized spacial score (nSPS) is 12.9. The van der Waals surface area contributed by atoms with Crippen molar-refractivity contribution in [3.8, 4) is 0 Å². The number of benzene rings is 3. The summed E-state index contributed by atoms with van der Waals surface area (Å²) in [7, 11) is 0. The smallest absolute Gasteiger partial charge is 0.253 e. The van der Waals surface area contributed by atoms with Crippen LogP contribution in [0.15, 0.2) is 66.9 Å². The fourth-order valence-electron chi connectivity index (χ4n) is 6.82. The molecule has 0 fully saturated rings. The Balaban J connectivity index is 1.01. The number of imidazole rings is 1. The summed E-state index contributed by atoms with van der Waals surface area (Å²) in [5, 5.41) is 15.8. The van der Waals surface area contributed by atoms with Gasteiger partial charge in [-0.2, -0.15) is 0 Å². The van der Waals surface area contributed by atoms with Crippen molar-refractivity contribution < 1.29 is 24.0 Å². The SMILES string of the molecule is CC[C@@H](C)[C@H](NC(=O)CCCCCCNC(=O)[C@H](CC(C)C)NC(=O)CNC(=O)c1cc(Cl)ccc1Cl)C(=O)Nc1ccc2[nH]c(Cc3c[nH]c4ccccc34)nc2c1. The van der Waals surface area contributed by atoms with E-state index in [4.69, 9.17) is 28.2 Å². The lowest BCUT2D eigenvalue weighted by Gasteiger charge is -2.23. The number of hydrogen-bond acceptors (Lipinski definition) is 6. The van der Waals surface area contributed by atoms with Crippen molar-refractivity contribution in [1.29, 1.82) is 0 Å². The van der Waals surface area contributed by atoms with E-state index < -0.39 is 23.9 Å². The maximum atomic E-state index is 13.5. The van der Waals surface area contributed by atoms with Gasteiger partial charge in [-0.05, 0) is 79.1 Å². The Bertz CT molecular complexity index is 2250. The molecule has 5 aromatic rings. The molecule has 5 rings (SSSR count). The average molecular weight is 846 g/mol. The summed E-state index contributed by atoms with van der Waals surface area (Å²) in [6, 6.07) is 16.7. The van der Waals surface area contributed by atoms with Crippen LogP contribution in [-0.4, -0.2) is 69.7 Å². The standard InChI is InChI=1S/C44H54Cl2N8O5/c1-5-27(4)41(44(59)50-30-16-18-35-36(23-30)52-38(51-35)21-28-24-48-34-13-10-9-12-31(28)34)54-39(55)14-8-6-7-11-19-47-43(58)37(20-26(2)3)53-40(56)25-49-42(57)32-22-29(45)15-17-33(32)46/h9-10,12-13,15-18,22-24,26-27,37,41,48H,5-8,11,14,19-21,25H2,1-4H3,(H,47,58)(H,49,57)(H,50,59)(H,51,52)(H,53,56)(H,54,55)/t27-,37+,41+/m1/s1. The van der Waals surface area contributed by atoms with E-state index in [0.29, 0.717) is 49.4 Å². The van der Waals surface area contributed by atoms with Crippen molar-refractivity contribution in [3.05, 3.63) is 93.9 Å². The van der Waals surface area contributed by atoms with Crippen LogP contribution in [0.4, 0.5) is 5.69 Å². The van der Waals surface area contributed by atoms with E-state index in [0.717, 1.165) is 46.2 Å². The number of rotatable bonds is 21. The van der Waals surface area contributed by atoms with Gasteiger partial charge < -0.3 is 36.6 Å². The predicted octanol–water partition coefficient (Wildman–Crippen LogP) is 7.44. The zero-order valence-corrected chi connectivity index (χ0v) is 35.5. The van der Waals surface area contributed by atoms with Crippen LogP contribution >= 0.6 is 23.2 Å². The molecule has 0 aliphatic carbocycles. The summed E-state index contributed by atoms with van der Waals surface area (Å²) in [4.78, 5) is 76.1. The van der Waals surface area contributed by atoms with Crippen LogP contribution < -0.4 is 26.6 Å². The van der Waals surface area contributed by atoms with E-state index in [1.165, 1.54) is 12.1 Å². The molecule has 2 heterocycles. The third kappa shape index (κ3) is 13.0. The maximum absolute atomic E-state index is 13.5. The van der Waals surface area contributed by atoms with Gasteiger partial charge in [-0.1, -0.05) is 88.4 Å². The van der Waals surface area contributed by atoms with Gasteiger partial charge in [0.1, 0.15) is 17.9 Å². The largest absolute Gasteiger partial charge is 0.361 e. The minimum absolute atomic E-state index is 0.0875. The highest BCUT2D eigenvalue weighted by molar-refractivity contribution is 6.35. The summed E-state index contributed by atoms with van der Waals surface area (Å²) in [6.07, 6.45) is 6.89. The number of nitrogens with one attached hydrogen (secondary N) is 7. The molecule has 0 saturated carbocycles. The number of unbranched alkanes of at least 4 members (excludes halogenated alkanes) is 3. The second-order valence-electron chi connectivity index (χ2n) is 15.4. The minimum atomic E-state index is -0.767. The number of halogens is 2. The van der Waals surface area contributed by atoms with E-state index in [1.54, 1.807) is 6.07 Å². The molecular weight excluding hydrogens is 791 g/mol. The topological polar surface area (TPSA) is 190 Å². The number of fused-ring (bicyclic) bond motifs is 2. The van der Waals surface area contributed by atoms with Crippen molar-refractivity contribution in [1.82, 2.24) is 36.2 Å². The van der Waals surface area contributed by atoms with Crippen molar-refractivity contribution in [3.63, 3.8) is 0 Å². The number of nitrogens with zero attached hydrogens (tertiary/aromatic N) is 1. The Morgan fingerprint density at radius 2 is 1.59 bits per heavy atom. The summed E-state index contributed by atoms with van der Waals surface area (Å²) >= 11 is 12.1. The molecule has 0 unspecified atom stereocenters. The average Bonchev–Trinajstić information content (AvgIpc) is 3.81.